The van der Waals surface area contributed by atoms with Crippen molar-refractivity contribution in [2.75, 3.05) is 53.5 Å². The van der Waals surface area contributed by atoms with Gasteiger partial charge in [0.25, 0.3) is 0 Å². The maximum atomic E-state index is 12.8. The first kappa shape index (κ1) is 51.1. The van der Waals surface area contributed by atoms with Gasteiger partial charge in [0.1, 0.15) is 13.2 Å². The SMILES string of the molecule is COC(=O)C1(N(OCc2ccccc2)C(C)=O)CCN(CCc2cccs2)CC1.COC(=O)C1(N(OCc2ccccc2)C(C)=O)CCN(CCc2cccs2)CC1.O=C(O)C(=O)O. The molecular weight excluding hydrogens is 865 g/mol. The number of carboxylic acids is 2. The predicted octanol–water partition coefficient (Wildman–Crippen LogP) is 5.71. The predicted molar refractivity (Wildman–Crippen MR) is 240 cm³/mol. The molecule has 4 heterocycles. The Labute approximate surface area is 381 Å². The molecule has 0 radical (unpaired) electrons. The molecule has 2 saturated heterocycles. The largest absolute Gasteiger partial charge is 0.473 e. The number of likely N-dealkylation sites (tertiary alicyclic amines) is 2. The summed E-state index contributed by atoms with van der Waals surface area (Å²) in [4.78, 5) is 87.8. The van der Waals surface area contributed by atoms with Crippen LogP contribution in [-0.4, -0.2) is 130 Å². The summed E-state index contributed by atoms with van der Waals surface area (Å²) in [6.45, 7) is 8.00. The Morgan fingerprint density at radius 1 is 0.562 bits per heavy atom. The van der Waals surface area contributed by atoms with Crippen LogP contribution in [0.25, 0.3) is 0 Å². The number of rotatable bonds is 16. The zero-order valence-corrected chi connectivity index (χ0v) is 38.4. The number of carboxylic acid groups (broad SMARTS) is 2. The van der Waals surface area contributed by atoms with Crippen LogP contribution in [0, 0.1) is 0 Å². The van der Waals surface area contributed by atoms with Gasteiger partial charge in [-0.05, 0) is 72.5 Å². The number of carbonyl (C=O) groups excluding carboxylic acids is 4. The van der Waals surface area contributed by atoms with Crippen molar-refractivity contribution in [3.8, 4) is 0 Å². The van der Waals surface area contributed by atoms with E-state index < -0.39 is 35.0 Å². The van der Waals surface area contributed by atoms with E-state index in [2.05, 4.69) is 44.8 Å². The van der Waals surface area contributed by atoms with Crippen molar-refractivity contribution in [2.24, 2.45) is 0 Å². The van der Waals surface area contributed by atoms with Crippen molar-refractivity contribution in [1.82, 2.24) is 19.9 Å². The zero-order chi connectivity index (χ0) is 46.5. The standard InChI is InChI=1S/2C22H28N2O4S.C2H2O4/c2*1-18(25)24(28-17-19-7-4-3-5-8-19)22(21(26)27-2)11-14-23(15-12-22)13-10-20-9-6-16-29-20;3-1(4)2(5)6/h2*3-9,16H,10-15,17H2,1-2H3;(H,3,4)(H,5,6). The number of hydrogen-bond donors (Lipinski definition) is 2. The Bertz CT molecular complexity index is 1910. The molecule has 0 atom stereocenters. The number of hydroxylamine groups is 4. The number of amides is 2. The quantitative estimate of drug-likeness (QED) is 0.0789. The average Bonchev–Trinajstić information content (AvgIpc) is 4.04. The lowest BCUT2D eigenvalue weighted by Gasteiger charge is -2.45. The maximum Gasteiger partial charge on any atom is 0.414 e. The molecule has 6 rings (SSSR count). The first-order valence-corrected chi connectivity index (χ1v) is 22.6. The van der Waals surface area contributed by atoms with Gasteiger partial charge < -0.3 is 29.5 Å². The van der Waals surface area contributed by atoms with Crippen LogP contribution >= 0.6 is 22.7 Å². The molecule has 2 aromatic heterocycles. The van der Waals surface area contributed by atoms with Crippen LogP contribution in [0.1, 0.15) is 60.4 Å². The van der Waals surface area contributed by atoms with Gasteiger partial charge in [0.05, 0.1) is 14.2 Å². The first-order valence-electron chi connectivity index (χ1n) is 20.8. The number of methoxy groups -OCH3 is 2. The van der Waals surface area contributed by atoms with E-state index >= 15 is 0 Å². The van der Waals surface area contributed by atoms with Crippen molar-refractivity contribution in [1.29, 1.82) is 0 Å². The highest BCUT2D eigenvalue weighted by molar-refractivity contribution is 7.10. The third-order valence-corrected chi connectivity index (χ3v) is 12.8. The highest BCUT2D eigenvalue weighted by Crippen LogP contribution is 2.33. The fourth-order valence-corrected chi connectivity index (χ4v) is 8.95. The van der Waals surface area contributed by atoms with Crippen molar-refractivity contribution < 1.29 is 58.1 Å². The van der Waals surface area contributed by atoms with Gasteiger partial charge in [0.15, 0.2) is 11.1 Å². The molecule has 2 aliphatic rings. The Hall–Kier alpha value is -5.50. The zero-order valence-electron chi connectivity index (χ0n) is 36.7. The molecule has 0 bridgehead atoms. The van der Waals surface area contributed by atoms with Crippen LogP contribution in [0.15, 0.2) is 95.7 Å². The van der Waals surface area contributed by atoms with Gasteiger partial charge in [0.2, 0.25) is 11.8 Å². The van der Waals surface area contributed by atoms with Crippen LogP contribution in [-0.2, 0) is 74.0 Å². The molecule has 0 unspecified atom stereocenters. The van der Waals surface area contributed by atoms with Crippen molar-refractivity contribution >= 4 is 58.4 Å². The van der Waals surface area contributed by atoms with Crippen LogP contribution in [0.4, 0.5) is 0 Å². The van der Waals surface area contributed by atoms with Crippen LogP contribution in [0.2, 0.25) is 0 Å². The van der Waals surface area contributed by atoms with Crippen LogP contribution < -0.4 is 0 Å². The fourth-order valence-electron chi connectivity index (χ4n) is 7.56. The second-order valence-electron chi connectivity index (χ2n) is 15.1. The molecule has 18 heteroatoms. The molecule has 2 aromatic carbocycles. The summed E-state index contributed by atoms with van der Waals surface area (Å²) >= 11 is 3.52. The minimum Gasteiger partial charge on any atom is -0.473 e. The van der Waals surface area contributed by atoms with E-state index in [-0.39, 0.29) is 25.0 Å². The topological polar surface area (TPSA) is 193 Å². The highest BCUT2D eigenvalue weighted by Gasteiger charge is 2.51. The number of hydrogen-bond acceptors (Lipinski definition) is 14. The number of esters is 2. The second kappa shape index (κ2) is 25.7. The molecule has 0 spiro atoms. The number of aliphatic carboxylic acids is 2. The smallest absolute Gasteiger partial charge is 0.414 e. The summed E-state index contributed by atoms with van der Waals surface area (Å²) in [5, 5.41) is 21.5. The summed E-state index contributed by atoms with van der Waals surface area (Å²) in [6.07, 6.45) is 3.92. The number of nitrogens with zero attached hydrogens (tertiary/aromatic N) is 4. The van der Waals surface area contributed by atoms with E-state index in [1.807, 2.05) is 60.7 Å². The molecule has 2 aliphatic heterocycles. The second-order valence-corrected chi connectivity index (χ2v) is 17.2. The Balaban J connectivity index is 0.000000249. The van der Waals surface area contributed by atoms with Crippen LogP contribution in [0.5, 0.6) is 0 Å². The van der Waals surface area contributed by atoms with E-state index in [1.165, 1.54) is 47.9 Å². The van der Waals surface area contributed by atoms with E-state index in [1.54, 1.807) is 22.7 Å². The molecule has 0 aliphatic carbocycles. The van der Waals surface area contributed by atoms with Crippen molar-refractivity contribution in [3.05, 3.63) is 117 Å². The molecule has 0 saturated carbocycles. The van der Waals surface area contributed by atoms with Gasteiger partial charge in [-0.25, -0.2) is 29.3 Å². The molecule has 346 valence electrons. The number of thiophene rings is 2. The van der Waals surface area contributed by atoms with Gasteiger partial charge in [-0.2, -0.15) is 0 Å². The van der Waals surface area contributed by atoms with Crippen LogP contribution in [0.3, 0.4) is 0 Å². The molecule has 2 N–H and O–H groups in total. The number of carbonyl (C=O) groups is 6. The summed E-state index contributed by atoms with van der Waals surface area (Å²) in [5.41, 5.74) is -0.303. The lowest BCUT2D eigenvalue weighted by Crippen LogP contribution is -2.61. The van der Waals surface area contributed by atoms with Gasteiger partial charge in [-0.15, -0.1) is 22.7 Å². The third kappa shape index (κ3) is 14.8. The number of piperidine rings is 2. The first-order chi connectivity index (χ1) is 30.7. The van der Waals surface area contributed by atoms with Crippen molar-refractivity contribution in [2.45, 2.75) is 76.7 Å². The van der Waals surface area contributed by atoms with E-state index in [4.69, 9.17) is 39.0 Å². The maximum absolute atomic E-state index is 12.8. The lowest BCUT2D eigenvalue weighted by atomic mass is 9.86. The van der Waals surface area contributed by atoms with E-state index in [9.17, 15) is 19.2 Å². The van der Waals surface area contributed by atoms with Gasteiger partial charge >= 0.3 is 23.9 Å². The Morgan fingerprint density at radius 3 is 1.17 bits per heavy atom. The molecule has 16 nitrogen and oxygen atoms in total. The van der Waals surface area contributed by atoms with Gasteiger partial charge in [-0.3, -0.25) is 19.3 Å². The van der Waals surface area contributed by atoms with Gasteiger partial charge in [0, 0.05) is 62.9 Å². The van der Waals surface area contributed by atoms with Crippen molar-refractivity contribution in [3.63, 3.8) is 0 Å². The minimum absolute atomic E-state index is 0.223. The molecule has 2 amide bonds. The Morgan fingerprint density at radius 2 is 0.906 bits per heavy atom. The Kier molecular flexibility index (Phi) is 20.5. The van der Waals surface area contributed by atoms with Gasteiger partial charge in [-0.1, -0.05) is 72.8 Å². The summed E-state index contributed by atoms with van der Waals surface area (Å²) in [5.74, 6) is -5.07. The number of benzene rings is 2. The lowest BCUT2D eigenvalue weighted by molar-refractivity contribution is -0.239. The number of ether oxygens (including phenoxy) is 2. The summed E-state index contributed by atoms with van der Waals surface area (Å²) in [7, 11) is 2.73. The molecule has 2 fully saturated rings. The molecular formula is C46H58N4O12S2. The normalized spacial score (nSPS) is 15.5. The summed E-state index contributed by atoms with van der Waals surface area (Å²) < 4.78 is 10.2. The monoisotopic (exact) mass is 922 g/mol. The average molecular weight is 923 g/mol. The van der Waals surface area contributed by atoms with E-state index in [0.29, 0.717) is 51.9 Å². The minimum atomic E-state index is -1.82. The molecule has 4 aromatic rings. The van der Waals surface area contributed by atoms with E-state index in [0.717, 1.165) is 37.1 Å². The highest BCUT2D eigenvalue weighted by atomic mass is 32.1. The fraction of sp³-hybridized carbons (Fsp3) is 0.435. The molecule has 64 heavy (non-hydrogen) atoms. The summed E-state index contributed by atoms with van der Waals surface area (Å²) in [6, 6.07) is 27.6. The third-order valence-electron chi connectivity index (χ3n) is 10.9.